The molecule has 0 spiro atoms. The molecule has 3 atom stereocenters. The molecule has 0 radical (unpaired) electrons. The molecule has 7 heteroatoms. The van der Waals surface area contributed by atoms with E-state index in [0.29, 0.717) is 17.0 Å². The molecule has 2 heterocycles. The molecule has 0 saturated carbocycles. The van der Waals surface area contributed by atoms with E-state index >= 15 is 0 Å². The van der Waals surface area contributed by atoms with E-state index in [1.54, 1.807) is 17.0 Å². The van der Waals surface area contributed by atoms with Gasteiger partial charge >= 0.3 is 0 Å². The Bertz CT molecular complexity index is 608. The van der Waals surface area contributed by atoms with Crippen LogP contribution in [0, 0.1) is 5.92 Å². The molecule has 7 nitrogen and oxygen atoms in total. The van der Waals surface area contributed by atoms with E-state index in [-0.39, 0.29) is 18.6 Å². The normalized spacial score (nSPS) is 27.1. The van der Waals surface area contributed by atoms with Crippen LogP contribution in [-0.4, -0.2) is 42.4 Å². The molecule has 0 unspecified atom stereocenters. The molecule has 2 aromatic rings. The lowest BCUT2D eigenvalue weighted by Gasteiger charge is -2.19. The third-order valence-corrected chi connectivity index (χ3v) is 3.26. The molecule has 2 aromatic heterocycles. The molecule has 0 aromatic carbocycles. The second kappa shape index (κ2) is 4.04. The van der Waals surface area contributed by atoms with Gasteiger partial charge in [0, 0.05) is 5.92 Å². The summed E-state index contributed by atoms with van der Waals surface area (Å²) in [6, 6.07) is -0.290. The summed E-state index contributed by atoms with van der Waals surface area (Å²) in [7, 11) is 0. The molecule has 1 aliphatic carbocycles. The first-order chi connectivity index (χ1) is 8.72. The zero-order chi connectivity index (χ0) is 12.7. The van der Waals surface area contributed by atoms with Gasteiger partial charge in [-0.15, -0.1) is 0 Å². The van der Waals surface area contributed by atoms with Crippen molar-refractivity contribution in [3.05, 3.63) is 24.8 Å². The first-order valence-electron chi connectivity index (χ1n) is 5.62. The Kier molecular flexibility index (Phi) is 2.49. The fourth-order valence-corrected chi connectivity index (χ4v) is 2.25. The maximum atomic E-state index is 10.1. The highest BCUT2D eigenvalue weighted by molar-refractivity contribution is 5.81. The number of nitrogens with two attached hydrogens (primary N) is 1. The molecule has 94 valence electrons. The van der Waals surface area contributed by atoms with Gasteiger partial charge in [-0.25, -0.2) is 15.0 Å². The van der Waals surface area contributed by atoms with Gasteiger partial charge in [-0.1, -0.05) is 12.2 Å². The summed E-state index contributed by atoms with van der Waals surface area (Å²) in [5, 5.41) is 19.2. The quantitative estimate of drug-likeness (QED) is 0.616. The van der Waals surface area contributed by atoms with Crippen molar-refractivity contribution in [2.45, 2.75) is 12.1 Å². The summed E-state index contributed by atoms with van der Waals surface area (Å²) >= 11 is 0. The average Bonchev–Trinajstić information content (AvgIpc) is 2.93. The number of anilines is 1. The van der Waals surface area contributed by atoms with Crippen molar-refractivity contribution in [2.75, 3.05) is 12.3 Å². The first kappa shape index (κ1) is 11.1. The standard InChI is InChI=1S/C11H13N5O2/c12-10-8-11(14-4-13-10)16(5-15-8)7-2-1-6(3-17)9(7)18/h1-2,4-7,9,17-18H,3H2,(H2,12,13,14)/t6-,7-,9+/m0/s1. The number of nitrogens with zero attached hydrogens (tertiary/aromatic N) is 4. The van der Waals surface area contributed by atoms with Gasteiger partial charge in [0.25, 0.3) is 0 Å². The zero-order valence-corrected chi connectivity index (χ0v) is 9.51. The van der Waals surface area contributed by atoms with Crippen molar-refractivity contribution < 1.29 is 10.2 Å². The lowest BCUT2D eigenvalue weighted by Crippen LogP contribution is -2.26. The summed E-state index contributed by atoms with van der Waals surface area (Å²) in [4.78, 5) is 12.2. The Morgan fingerprint density at radius 3 is 2.83 bits per heavy atom. The van der Waals surface area contributed by atoms with Gasteiger partial charge < -0.3 is 20.5 Å². The van der Waals surface area contributed by atoms with Crippen molar-refractivity contribution in [2.24, 2.45) is 5.92 Å². The third-order valence-electron chi connectivity index (χ3n) is 3.26. The first-order valence-corrected chi connectivity index (χ1v) is 5.62. The number of aliphatic hydroxyl groups is 2. The number of imidazole rings is 1. The third kappa shape index (κ3) is 1.48. The molecular formula is C11H13N5O2. The second-order valence-electron chi connectivity index (χ2n) is 4.30. The Morgan fingerprint density at radius 2 is 2.11 bits per heavy atom. The smallest absolute Gasteiger partial charge is 0.166 e. The highest BCUT2D eigenvalue weighted by Gasteiger charge is 2.31. The van der Waals surface area contributed by atoms with Crippen LogP contribution in [0.15, 0.2) is 24.8 Å². The highest BCUT2D eigenvalue weighted by Crippen LogP contribution is 2.30. The fraction of sp³-hybridized carbons (Fsp3) is 0.364. The summed E-state index contributed by atoms with van der Waals surface area (Å²) in [6.07, 6.45) is 5.89. The monoisotopic (exact) mass is 247 g/mol. The number of rotatable bonds is 2. The molecule has 3 rings (SSSR count). The highest BCUT2D eigenvalue weighted by atomic mass is 16.3. The Hall–Kier alpha value is -1.99. The van der Waals surface area contributed by atoms with E-state index < -0.39 is 6.10 Å². The van der Waals surface area contributed by atoms with Crippen molar-refractivity contribution >= 4 is 17.0 Å². The minimum Gasteiger partial charge on any atom is -0.396 e. The van der Waals surface area contributed by atoms with Crippen molar-refractivity contribution in [3.8, 4) is 0 Å². The van der Waals surface area contributed by atoms with E-state index in [4.69, 9.17) is 10.8 Å². The van der Waals surface area contributed by atoms with Crippen molar-refractivity contribution in [3.63, 3.8) is 0 Å². The van der Waals surface area contributed by atoms with Gasteiger partial charge in [-0.05, 0) is 0 Å². The fourth-order valence-electron chi connectivity index (χ4n) is 2.25. The van der Waals surface area contributed by atoms with E-state index in [0.717, 1.165) is 0 Å². The summed E-state index contributed by atoms with van der Waals surface area (Å²) in [5.74, 6) is 0.0561. The van der Waals surface area contributed by atoms with Gasteiger partial charge in [-0.2, -0.15) is 0 Å². The van der Waals surface area contributed by atoms with Crippen LogP contribution in [0.25, 0.3) is 11.2 Å². The predicted octanol–water partition coefficient (Wildman–Crippen LogP) is -0.511. The van der Waals surface area contributed by atoms with Crippen LogP contribution in [0.4, 0.5) is 5.82 Å². The van der Waals surface area contributed by atoms with Crippen molar-refractivity contribution in [1.82, 2.24) is 19.5 Å². The van der Waals surface area contributed by atoms with Gasteiger partial charge in [0.05, 0.1) is 25.1 Å². The molecule has 1 aliphatic rings. The summed E-state index contributed by atoms with van der Waals surface area (Å²) in [6.45, 7) is -0.0854. The summed E-state index contributed by atoms with van der Waals surface area (Å²) in [5.41, 5.74) is 6.81. The van der Waals surface area contributed by atoms with Crippen LogP contribution in [0.3, 0.4) is 0 Å². The molecule has 4 N–H and O–H groups in total. The molecular weight excluding hydrogens is 234 g/mol. The Balaban J connectivity index is 2.06. The van der Waals surface area contributed by atoms with Crippen molar-refractivity contribution in [1.29, 1.82) is 0 Å². The van der Waals surface area contributed by atoms with Gasteiger partial charge in [0.15, 0.2) is 11.5 Å². The number of hydrogen-bond acceptors (Lipinski definition) is 6. The molecule has 18 heavy (non-hydrogen) atoms. The number of aliphatic hydroxyl groups excluding tert-OH is 2. The lowest BCUT2D eigenvalue weighted by molar-refractivity contribution is 0.0755. The van der Waals surface area contributed by atoms with Gasteiger partial charge in [0.1, 0.15) is 11.8 Å². The topological polar surface area (TPSA) is 110 Å². The average molecular weight is 247 g/mol. The number of fused-ring (bicyclic) bond motifs is 1. The molecule has 0 bridgehead atoms. The molecule has 0 fully saturated rings. The largest absolute Gasteiger partial charge is 0.396 e. The predicted molar refractivity (Wildman–Crippen MR) is 64.5 cm³/mol. The zero-order valence-electron chi connectivity index (χ0n) is 9.51. The number of hydrogen-bond donors (Lipinski definition) is 3. The number of aromatic nitrogens is 4. The Morgan fingerprint density at radius 1 is 1.28 bits per heavy atom. The van der Waals surface area contributed by atoms with Gasteiger partial charge in [-0.3, -0.25) is 0 Å². The molecule has 0 saturated heterocycles. The van der Waals surface area contributed by atoms with E-state index in [1.165, 1.54) is 6.33 Å². The van der Waals surface area contributed by atoms with Crippen LogP contribution in [0.2, 0.25) is 0 Å². The maximum Gasteiger partial charge on any atom is 0.166 e. The minimum atomic E-state index is -0.691. The second-order valence-corrected chi connectivity index (χ2v) is 4.30. The molecule has 0 amide bonds. The van der Waals surface area contributed by atoms with Crippen LogP contribution in [0.1, 0.15) is 6.04 Å². The minimum absolute atomic E-state index is 0.0854. The number of nitrogen functional groups attached to an aromatic ring is 1. The van der Waals surface area contributed by atoms with Crippen LogP contribution >= 0.6 is 0 Å². The van der Waals surface area contributed by atoms with Crippen LogP contribution < -0.4 is 5.73 Å². The van der Waals surface area contributed by atoms with Gasteiger partial charge in [0.2, 0.25) is 0 Å². The Labute approximate surface area is 103 Å². The molecule has 0 aliphatic heterocycles. The SMILES string of the molecule is Nc1ncnc2c1ncn2[C@H]1C=C[C@@H](CO)[C@H]1O. The van der Waals surface area contributed by atoms with Crippen LogP contribution in [0.5, 0.6) is 0 Å². The summed E-state index contributed by atoms with van der Waals surface area (Å²) < 4.78 is 1.74. The van der Waals surface area contributed by atoms with Crippen LogP contribution in [-0.2, 0) is 0 Å². The maximum absolute atomic E-state index is 10.1. The lowest BCUT2D eigenvalue weighted by atomic mass is 10.1. The van der Waals surface area contributed by atoms with E-state index in [1.807, 2.05) is 6.08 Å². The van der Waals surface area contributed by atoms with E-state index in [2.05, 4.69) is 15.0 Å². The van der Waals surface area contributed by atoms with E-state index in [9.17, 15) is 5.11 Å².